The van der Waals surface area contributed by atoms with Crippen molar-refractivity contribution in [3.05, 3.63) is 65.8 Å². The molecule has 1 N–H and O–H groups in total. The van der Waals surface area contributed by atoms with Gasteiger partial charge in [-0.15, -0.1) is 0 Å². The van der Waals surface area contributed by atoms with E-state index in [2.05, 4.69) is 11.5 Å². The SMILES string of the molecule is C=CCOc1ccc(C2/C(=C(/O)c3ccc4c(c3)OCCO4)C(=O)C(=O)N2CCN2CCOCC2)cc1OCC. The van der Waals surface area contributed by atoms with Crippen molar-refractivity contribution in [2.45, 2.75) is 13.0 Å². The smallest absolute Gasteiger partial charge is 0.295 e. The van der Waals surface area contributed by atoms with E-state index in [4.69, 9.17) is 23.7 Å². The number of fused-ring (bicyclic) bond motifs is 1. The number of ketones is 1. The standard InChI is InChI=1S/C30H34N2O8/c1-3-13-38-22-7-5-20(18-24(22)37-4-2)27-26(28(33)21-6-8-23-25(19-21)40-17-16-39-23)29(34)30(35)32(27)10-9-31-11-14-36-15-12-31/h3,5-8,18-19,27,33H,1,4,9-17H2,2H3/b28-26-. The summed E-state index contributed by atoms with van der Waals surface area (Å²) in [6.45, 7) is 10.6. The van der Waals surface area contributed by atoms with E-state index in [0.29, 0.717) is 86.9 Å². The highest BCUT2D eigenvalue weighted by Gasteiger charge is 2.46. The molecule has 0 aromatic heterocycles. The van der Waals surface area contributed by atoms with Gasteiger partial charge in [0.1, 0.15) is 25.6 Å². The monoisotopic (exact) mass is 550 g/mol. The molecular weight excluding hydrogens is 516 g/mol. The number of likely N-dealkylation sites (tertiary alicyclic amines) is 1. The van der Waals surface area contributed by atoms with Crippen LogP contribution in [0.25, 0.3) is 5.76 Å². The van der Waals surface area contributed by atoms with Gasteiger partial charge in [0.2, 0.25) is 0 Å². The zero-order chi connectivity index (χ0) is 28.1. The summed E-state index contributed by atoms with van der Waals surface area (Å²) < 4.78 is 28.3. The molecule has 10 heteroatoms. The molecule has 1 unspecified atom stereocenters. The Morgan fingerprint density at radius 3 is 2.52 bits per heavy atom. The Bertz CT molecular complexity index is 1300. The van der Waals surface area contributed by atoms with Gasteiger partial charge in [-0.1, -0.05) is 18.7 Å². The minimum atomic E-state index is -0.832. The first kappa shape index (κ1) is 27.5. The molecule has 2 fully saturated rings. The third-order valence-electron chi connectivity index (χ3n) is 7.06. The molecule has 1 atom stereocenters. The first-order chi connectivity index (χ1) is 19.5. The number of carbonyl (C=O) groups is 2. The van der Waals surface area contributed by atoms with Crippen molar-refractivity contribution < 1.29 is 38.4 Å². The number of aliphatic hydroxyl groups is 1. The van der Waals surface area contributed by atoms with Crippen molar-refractivity contribution in [3.63, 3.8) is 0 Å². The fraction of sp³-hybridized carbons (Fsp3) is 0.400. The number of rotatable bonds is 10. The summed E-state index contributed by atoms with van der Waals surface area (Å²) in [7, 11) is 0. The highest BCUT2D eigenvalue weighted by molar-refractivity contribution is 6.46. The number of hydrogen-bond donors (Lipinski definition) is 1. The van der Waals surface area contributed by atoms with Crippen LogP contribution >= 0.6 is 0 Å². The molecule has 10 nitrogen and oxygen atoms in total. The van der Waals surface area contributed by atoms with E-state index in [-0.39, 0.29) is 11.3 Å². The number of benzene rings is 2. The van der Waals surface area contributed by atoms with Gasteiger partial charge in [-0.3, -0.25) is 14.5 Å². The molecule has 2 aromatic rings. The van der Waals surface area contributed by atoms with Crippen molar-refractivity contribution >= 4 is 17.4 Å². The van der Waals surface area contributed by atoms with Crippen LogP contribution in [0.15, 0.2) is 54.6 Å². The van der Waals surface area contributed by atoms with E-state index in [1.807, 2.05) is 6.92 Å². The first-order valence-electron chi connectivity index (χ1n) is 13.5. The number of ether oxygens (including phenoxy) is 5. The van der Waals surface area contributed by atoms with Gasteiger partial charge in [0.15, 0.2) is 23.0 Å². The average molecular weight is 551 g/mol. The number of carbonyl (C=O) groups excluding carboxylic acids is 2. The van der Waals surface area contributed by atoms with E-state index >= 15 is 0 Å². The second-order valence-corrected chi connectivity index (χ2v) is 9.54. The summed E-state index contributed by atoms with van der Waals surface area (Å²) in [5.74, 6) is 0.325. The van der Waals surface area contributed by atoms with E-state index < -0.39 is 17.7 Å². The maximum Gasteiger partial charge on any atom is 0.295 e. The zero-order valence-corrected chi connectivity index (χ0v) is 22.6. The van der Waals surface area contributed by atoms with Crippen LogP contribution in [0.5, 0.6) is 23.0 Å². The maximum atomic E-state index is 13.5. The molecular formula is C30H34N2O8. The Kier molecular flexibility index (Phi) is 8.57. The maximum absolute atomic E-state index is 13.5. The Hall–Kier alpha value is -4.02. The third kappa shape index (κ3) is 5.64. The van der Waals surface area contributed by atoms with Crippen molar-refractivity contribution in [2.24, 2.45) is 0 Å². The fourth-order valence-electron chi connectivity index (χ4n) is 5.11. The Morgan fingerprint density at radius 2 is 1.77 bits per heavy atom. The quantitative estimate of drug-likeness (QED) is 0.207. The number of morpholine rings is 1. The van der Waals surface area contributed by atoms with Crippen LogP contribution in [-0.2, 0) is 14.3 Å². The number of nitrogens with zero attached hydrogens (tertiary/aromatic N) is 2. The Morgan fingerprint density at radius 1 is 1.00 bits per heavy atom. The number of aliphatic hydroxyl groups excluding tert-OH is 1. The molecule has 2 saturated heterocycles. The number of Topliss-reactive ketones (excluding diaryl/α,β-unsaturated/α-hetero) is 1. The van der Waals surface area contributed by atoms with Crippen molar-refractivity contribution in [3.8, 4) is 23.0 Å². The van der Waals surface area contributed by atoms with Crippen LogP contribution in [0, 0.1) is 0 Å². The van der Waals surface area contributed by atoms with Crippen LogP contribution in [0.1, 0.15) is 24.1 Å². The molecule has 1 amide bonds. The Labute approximate surface area is 233 Å². The molecule has 2 aromatic carbocycles. The topological polar surface area (TPSA) is 107 Å². The highest BCUT2D eigenvalue weighted by atomic mass is 16.6. The lowest BCUT2D eigenvalue weighted by Crippen LogP contribution is -2.42. The highest BCUT2D eigenvalue weighted by Crippen LogP contribution is 2.43. The second kappa shape index (κ2) is 12.4. The predicted octanol–water partition coefficient (Wildman–Crippen LogP) is 3.18. The summed E-state index contributed by atoms with van der Waals surface area (Å²) in [5.41, 5.74) is 0.983. The van der Waals surface area contributed by atoms with Crippen molar-refractivity contribution in [1.82, 2.24) is 9.80 Å². The van der Waals surface area contributed by atoms with Gasteiger partial charge >= 0.3 is 0 Å². The van der Waals surface area contributed by atoms with Gasteiger partial charge in [0.25, 0.3) is 11.7 Å². The molecule has 0 aliphatic carbocycles. The van der Waals surface area contributed by atoms with Gasteiger partial charge in [-0.05, 0) is 42.8 Å². The van der Waals surface area contributed by atoms with E-state index in [9.17, 15) is 14.7 Å². The third-order valence-corrected chi connectivity index (χ3v) is 7.06. The van der Waals surface area contributed by atoms with E-state index in [0.717, 1.165) is 13.1 Å². The lowest BCUT2D eigenvalue weighted by Gasteiger charge is -2.31. The predicted molar refractivity (Wildman–Crippen MR) is 147 cm³/mol. The summed E-state index contributed by atoms with van der Waals surface area (Å²) in [5, 5.41) is 11.5. The first-order valence-corrected chi connectivity index (χ1v) is 13.5. The molecule has 0 radical (unpaired) electrons. The van der Waals surface area contributed by atoms with Crippen LogP contribution in [0.4, 0.5) is 0 Å². The lowest BCUT2D eigenvalue weighted by atomic mass is 9.94. The minimum Gasteiger partial charge on any atom is -0.507 e. The minimum absolute atomic E-state index is 0.00543. The summed E-state index contributed by atoms with van der Waals surface area (Å²) in [6, 6.07) is 9.43. The zero-order valence-electron chi connectivity index (χ0n) is 22.6. The largest absolute Gasteiger partial charge is 0.507 e. The molecule has 40 heavy (non-hydrogen) atoms. The van der Waals surface area contributed by atoms with Crippen LogP contribution in [0.3, 0.4) is 0 Å². The summed E-state index contributed by atoms with van der Waals surface area (Å²) >= 11 is 0. The molecule has 5 rings (SSSR count). The van der Waals surface area contributed by atoms with Crippen molar-refractivity contribution in [1.29, 1.82) is 0 Å². The van der Waals surface area contributed by atoms with Gasteiger partial charge < -0.3 is 33.7 Å². The molecule has 3 aliphatic heterocycles. The normalized spacial score (nSPS) is 20.4. The fourth-order valence-corrected chi connectivity index (χ4v) is 5.11. The van der Waals surface area contributed by atoms with Gasteiger partial charge in [-0.2, -0.15) is 0 Å². The summed E-state index contributed by atoms with van der Waals surface area (Å²) in [6.07, 6.45) is 1.64. The van der Waals surface area contributed by atoms with Crippen LogP contribution in [0.2, 0.25) is 0 Å². The molecule has 0 bridgehead atoms. The van der Waals surface area contributed by atoms with E-state index in [1.54, 1.807) is 42.5 Å². The Balaban J connectivity index is 1.56. The second-order valence-electron chi connectivity index (χ2n) is 9.54. The van der Waals surface area contributed by atoms with Crippen molar-refractivity contribution in [2.75, 3.05) is 65.8 Å². The van der Waals surface area contributed by atoms with Crippen LogP contribution < -0.4 is 18.9 Å². The summed E-state index contributed by atoms with van der Waals surface area (Å²) in [4.78, 5) is 30.7. The van der Waals surface area contributed by atoms with Gasteiger partial charge in [0.05, 0.1) is 31.4 Å². The number of hydrogen-bond acceptors (Lipinski definition) is 9. The lowest BCUT2D eigenvalue weighted by molar-refractivity contribution is -0.140. The number of amides is 1. The average Bonchev–Trinajstić information content (AvgIpc) is 3.24. The van der Waals surface area contributed by atoms with Gasteiger partial charge in [-0.25, -0.2) is 0 Å². The molecule has 3 aliphatic rings. The molecule has 212 valence electrons. The molecule has 0 saturated carbocycles. The van der Waals surface area contributed by atoms with E-state index in [1.165, 1.54) is 4.90 Å². The van der Waals surface area contributed by atoms with Gasteiger partial charge in [0, 0.05) is 31.7 Å². The molecule has 0 spiro atoms. The van der Waals surface area contributed by atoms with Crippen LogP contribution in [-0.4, -0.2) is 92.4 Å². The molecule has 3 heterocycles.